The zero-order valence-electron chi connectivity index (χ0n) is 18.1. The quantitative estimate of drug-likeness (QED) is 0.140. The minimum atomic E-state index is -1.11. The Hall–Kier alpha value is -1.83. The van der Waals surface area contributed by atoms with Crippen LogP contribution in [0.2, 0.25) is 0 Å². The summed E-state index contributed by atoms with van der Waals surface area (Å²) in [6, 6.07) is 20.3. The van der Waals surface area contributed by atoms with Crippen molar-refractivity contribution in [3.05, 3.63) is 119 Å². The molecule has 0 N–H and O–H groups in total. The molecular formula is C26H30O3S3. The largest absolute Gasteiger partial charge is 0.311 e. The van der Waals surface area contributed by atoms with E-state index in [0.29, 0.717) is 13.2 Å². The molecule has 0 fully saturated rings. The van der Waals surface area contributed by atoms with Crippen LogP contribution >= 0.6 is 24.1 Å². The molecule has 0 aliphatic rings. The second-order valence-corrected chi connectivity index (χ2v) is 9.52. The first-order valence-corrected chi connectivity index (χ1v) is 13.6. The average molecular weight is 487 g/mol. The smallest absolute Gasteiger partial charge is 0.0864 e. The van der Waals surface area contributed by atoms with Crippen LogP contribution in [0.25, 0.3) is 0 Å². The monoisotopic (exact) mass is 486 g/mol. The Bertz CT molecular complexity index is 791. The van der Waals surface area contributed by atoms with Gasteiger partial charge in [0, 0.05) is 22.3 Å². The Kier molecular flexibility index (Phi) is 15.5. The number of benzene rings is 2. The SMILES string of the molecule is O=S(C=CC=CCCSOCc1ccccc1)C=CC=CCCSOCc1ccccc1. The fourth-order valence-corrected chi connectivity index (χ4v) is 4.08. The van der Waals surface area contributed by atoms with Gasteiger partial charge in [-0.15, -0.1) is 0 Å². The van der Waals surface area contributed by atoms with Crippen molar-refractivity contribution < 1.29 is 12.6 Å². The summed E-state index contributed by atoms with van der Waals surface area (Å²) in [5.74, 6) is 1.78. The van der Waals surface area contributed by atoms with Crippen molar-refractivity contribution in [2.75, 3.05) is 11.5 Å². The molecule has 0 saturated carbocycles. The van der Waals surface area contributed by atoms with Gasteiger partial charge in [0.1, 0.15) is 0 Å². The fourth-order valence-electron chi connectivity index (χ4n) is 2.36. The molecule has 170 valence electrons. The third kappa shape index (κ3) is 14.3. The van der Waals surface area contributed by atoms with Crippen LogP contribution in [0.5, 0.6) is 0 Å². The second kappa shape index (κ2) is 18.7. The summed E-state index contributed by atoms with van der Waals surface area (Å²) < 4.78 is 23.0. The molecule has 32 heavy (non-hydrogen) atoms. The van der Waals surface area contributed by atoms with E-state index in [0.717, 1.165) is 24.3 Å². The van der Waals surface area contributed by atoms with Crippen molar-refractivity contribution in [3.63, 3.8) is 0 Å². The molecule has 0 radical (unpaired) electrons. The molecule has 3 nitrogen and oxygen atoms in total. The summed E-state index contributed by atoms with van der Waals surface area (Å²) in [7, 11) is -1.11. The van der Waals surface area contributed by atoms with Crippen molar-refractivity contribution in [1.29, 1.82) is 0 Å². The highest BCUT2D eigenvalue weighted by molar-refractivity contribution is 7.94. The minimum Gasteiger partial charge on any atom is -0.311 e. The van der Waals surface area contributed by atoms with E-state index in [1.807, 2.05) is 72.9 Å². The highest BCUT2D eigenvalue weighted by Crippen LogP contribution is 2.11. The molecule has 2 rings (SSSR count). The molecule has 0 atom stereocenters. The first kappa shape index (κ1) is 26.4. The van der Waals surface area contributed by atoms with Gasteiger partial charge >= 0.3 is 0 Å². The first-order chi connectivity index (χ1) is 15.8. The van der Waals surface area contributed by atoms with Gasteiger partial charge in [-0.25, -0.2) is 0 Å². The van der Waals surface area contributed by atoms with Gasteiger partial charge in [0.25, 0.3) is 0 Å². The lowest BCUT2D eigenvalue weighted by Gasteiger charge is -2.01. The van der Waals surface area contributed by atoms with Gasteiger partial charge in [-0.05, 0) is 48.1 Å². The maximum absolute atomic E-state index is 11.9. The highest BCUT2D eigenvalue weighted by atomic mass is 32.2. The van der Waals surface area contributed by atoms with Gasteiger partial charge < -0.3 is 8.37 Å². The Labute approximate surface area is 203 Å². The van der Waals surface area contributed by atoms with Crippen molar-refractivity contribution >= 4 is 34.9 Å². The Morgan fingerprint density at radius 2 is 1.09 bits per heavy atom. The van der Waals surface area contributed by atoms with Crippen LogP contribution in [0.15, 0.2) is 108 Å². The lowest BCUT2D eigenvalue weighted by molar-refractivity contribution is 0.364. The minimum absolute atomic E-state index is 0.621. The maximum Gasteiger partial charge on any atom is 0.0864 e. The van der Waals surface area contributed by atoms with Crippen molar-refractivity contribution in [1.82, 2.24) is 0 Å². The van der Waals surface area contributed by atoms with Gasteiger partial charge in [0.2, 0.25) is 0 Å². The lowest BCUT2D eigenvalue weighted by Crippen LogP contribution is -1.86. The van der Waals surface area contributed by atoms with Crippen molar-refractivity contribution in [2.45, 2.75) is 26.1 Å². The van der Waals surface area contributed by atoms with Gasteiger partial charge in [-0.2, -0.15) is 0 Å². The third-order valence-electron chi connectivity index (χ3n) is 3.96. The van der Waals surface area contributed by atoms with Gasteiger partial charge in [0.15, 0.2) is 0 Å². The molecule has 0 aliphatic heterocycles. The Morgan fingerprint density at radius 1 is 0.656 bits per heavy atom. The van der Waals surface area contributed by atoms with E-state index in [2.05, 4.69) is 24.3 Å². The van der Waals surface area contributed by atoms with Crippen LogP contribution in [-0.4, -0.2) is 15.7 Å². The summed E-state index contributed by atoms with van der Waals surface area (Å²) >= 11 is 2.94. The molecule has 2 aromatic carbocycles. The van der Waals surface area contributed by atoms with Crippen LogP contribution in [-0.2, 0) is 32.4 Å². The van der Waals surface area contributed by atoms with Crippen LogP contribution in [0, 0.1) is 0 Å². The van der Waals surface area contributed by atoms with E-state index in [9.17, 15) is 4.21 Å². The predicted molar refractivity (Wildman–Crippen MR) is 141 cm³/mol. The summed E-state index contributed by atoms with van der Waals surface area (Å²) in [6.07, 6.45) is 13.4. The van der Waals surface area contributed by atoms with E-state index in [4.69, 9.17) is 8.37 Å². The molecule has 0 spiro atoms. The fraction of sp³-hybridized carbons (Fsp3) is 0.231. The van der Waals surface area contributed by atoms with Gasteiger partial charge in [0.05, 0.1) is 24.0 Å². The average Bonchev–Trinajstić information content (AvgIpc) is 2.83. The molecule has 0 aromatic heterocycles. The first-order valence-electron chi connectivity index (χ1n) is 10.5. The zero-order chi connectivity index (χ0) is 22.5. The number of rotatable bonds is 16. The van der Waals surface area contributed by atoms with E-state index in [1.54, 1.807) is 10.8 Å². The summed E-state index contributed by atoms with van der Waals surface area (Å²) in [4.78, 5) is 0. The third-order valence-corrected chi connectivity index (χ3v) is 6.18. The van der Waals surface area contributed by atoms with E-state index < -0.39 is 10.8 Å². The van der Waals surface area contributed by atoms with Crippen molar-refractivity contribution in [3.8, 4) is 0 Å². The lowest BCUT2D eigenvalue weighted by atomic mass is 10.2. The number of allylic oxidation sites excluding steroid dienone is 6. The van der Waals surface area contributed by atoms with Crippen LogP contribution < -0.4 is 0 Å². The molecule has 6 heteroatoms. The highest BCUT2D eigenvalue weighted by Gasteiger charge is 1.93. The maximum atomic E-state index is 11.9. The Balaban J connectivity index is 1.43. The normalized spacial score (nSPS) is 13.1. The topological polar surface area (TPSA) is 35.5 Å². The molecule has 0 unspecified atom stereocenters. The van der Waals surface area contributed by atoms with Gasteiger partial charge in [-0.3, -0.25) is 4.21 Å². The van der Waals surface area contributed by atoms with Crippen LogP contribution in [0.3, 0.4) is 0 Å². The van der Waals surface area contributed by atoms with E-state index in [-0.39, 0.29) is 0 Å². The molecule has 0 amide bonds. The molecule has 0 aliphatic carbocycles. The molecule has 0 heterocycles. The van der Waals surface area contributed by atoms with Gasteiger partial charge in [-0.1, -0.05) is 97.1 Å². The molecular weight excluding hydrogens is 456 g/mol. The van der Waals surface area contributed by atoms with Crippen molar-refractivity contribution in [2.24, 2.45) is 0 Å². The number of hydrogen-bond acceptors (Lipinski definition) is 5. The second-order valence-electron chi connectivity index (χ2n) is 6.56. The summed E-state index contributed by atoms with van der Waals surface area (Å²) in [5, 5.41) is 3.35. The predicted octanol–water partition coefficient (Wildman–Crippen LogP) is 7.39. The van der Waals surface area contributed by atoms with E-state index >= 15 is 0 Å². The summed E-state index contributed by atoms with van der Waals surface area (Å²) in [5.41, 5.74) is 2.35. The zero-order valence-corrected chi connectivity index (χ0v) is 20.5. The van der Waals surface area contributed by atoms with Crippen LogP contribution in [0.4, 0.5) is 0 Å². The standard InChI is InChI=1S/C26H30O3S3/c27-32(21-13-3-1-11-19-30-28-23-25-15-7-5-8-16-25)22-14-4-2-12-20-31-29-24-26-17-9-6-10-18-26/h1-10,13-18,21-22H,11-12,19-20,23-24H2. The summed E-state index contributed by atoms with van der Waals surface area (Å²) in [6.45, 7) is 1.24. The molecule has 2 aromatic rings. The Morgan fingerprint density at radius 3 is 1.53 bits per heavy atom. The molecule has 0 saturated heterocycles. The van der Waals surface area contributed by atoms with E-state index in [1.165, 1.54) is 35.2 Å². The van der Waals surface area contributed by atoms with Crippen LogP contribution in [0.1, 0.15) is 24.0 Å². The number of hydrogen-bond donors (Lipinski definition) is 0. The molecule has 0 bridgehead atoms.